The summed E-state index contributed by atoms with van der Waals surface area (Å²) >= 11 is 0. The van der Waals surface area contributed by atoms with Gasteiger partial charge in [-0.1, -0.05) is 36.4 Å². The Labute approximate surface area is 163 Å². The number of benzene rings is 2. The lowest BCUT2D eigenvalue weighted by molar-refractivity contribution is -0.162. The zero-order valence-corrected chi connectivity index (χ0v) is 14.6. The van der Waals surface area contributed by atoms with Crippen LogP contribution < -0.4 is 0 Å². The van der Waals surface area contributed by atoms with Crippen molar-refractivity contribution in [1.29, 1.82) is 0 Å². The van der Waals surface area contributed by atoms with E-state index < -0.39 is 57.6 Å². The summed E-state index contributed by atoms with van der Waals surface area (Å²) in [4.78, 5) is 3.54. The zero-order chi connectivity index (χ0) is 22.3. The number of rotatable bonds is 2. The number of hydrogen-bond acceptors (Lipinski definition) is 1. The summed E-state index contributed by atoms with van der Waals surface area (Å²) in [5, 5.41) is 0. The summed E-state index contributed by atoms with van der Waals surface area (Å²) in [6.45, 7) is 0. The molecule has 0 fully saturated rings. The van der Waals surface area contributed by atoms with Crippen LogP contribution in [-0.2, 0) is 18.5 Å². The fourth-order valence-corrected chi connectivity index (χ4v) is 3.11. The average molecular weight is 435 g/mol. The molecule has 1 nitrogen and oxygen atoms in total. The minimum Gasteiger partial charge on any atom is -0.256 e. The average Bonchev–Trinajstić information content (AvgIpc) is 2.65. The SMILES string of the molecule is FC(F)(F)c1cc(-c2ccccn2)c(C(F)(F)F)c(C(F)(F)F)c1-c1ccccc1. The van der Waals surface area contributed by atoms with E-state index in [1.165, 1.54) is 12.1 Å². The van der Waals surface area contributed by atoms with Crippen LogP contribution in [0.5, 0.6) is 0 Å². The minimum absolute atomic E-state index is 0.0722. The third-order valence-corrected chi connectivity index (χ3v) is 4.20. The Morgan fingerprint density at radius 1 is 0.600 bits per heavy atom. The molecule has 0 unspecified atom stereocenters. The van der Waals surface area contributed by atoms with Crippen LogP contribution in [0.25, 0.3) is 22.4 Å². The Balaban J connectivity index is 2.61. The van der Waals surface area contributed by atoms with Crippen molar-refractivity contribution in [1.82, 2.24) is 4.98 Å². The second-order valence-electron chi connectivity index (χ2n) is 6.17. The van der Waals surface area contributed by atoms with Gasteiger partial charge in [0.1, 0.15) is 0 Å². The van der Waals surface area contributed by atoms with Crippen molar-refractivity contribution in [3.05, 3.63) is 77.5 Å². The maximum absolute atomic E-state index is 13.9. The molecule has 0 aliphatic carbocycles. The van der Waals surface area contributed by atoms with Crippen LogP contribution in [0.2, 0.25) is 0 Å². The van der Waals surface area contributed by atoms with Crippen LogP contribution in [0.4, 0.5) is 39.5 Å². The van der Waals surface area contributed by atoms with Crippen LogP contribution in [0.3, 0.4) is 0 Å². The van der Waals surface area contributed by atoms with Crippen molar-refractivity contribution < 1.29 is 39.5 Å². The molecule has 0 amide bonds. The maximum Gasteiger partial charge on any atom is 0.417 e. The van der Waals surface area contributed by atoms with E-state index in [1.807, 2.05) is 0 Å². The summed E-state index contributed by atoms with van der Waals surface area (Å²) in [6.07, 6.45) is -15.7. The highest BCUT2D eigenvalue weighted by Gasteiger charge is 2.50. The molecule has 3 aromatic rings. The first kappa shape index (κ1) is 21.7. The van der Waals surface area contributed by atoms with Crippen molar-refractivity contribution in [3.63, 3.8) is 0 Å². The van der Waals surface area contributed by atoms with Crippen LogP contribution in [0.15, 0.2) is 60.8 Å². The van der Waals surface area contributed by atoms with Crippen molar-refractivity contribution in [3.8, 4) is 22.4 Å². The van der Waals surface area contributed by atoms with E-state index in [9.17, 15) is 39.5 Å². The fourth-order valence-electron chi connectivity index (χ4n) is 3.11. The van der Waals surface area contributed by atoms with Crippen molar-refractivity contribution in [2.75, 3.05) is 0 Å². The molecule has 0 spiro atoms. The monoisotopic (exact) mass is 435 g/mol. The summed E-state index contributed by atoms with van der Waals surface area (Å²) < 4.78 is 124. The van der Waals surface area contributed by atoms with Gasteiger partial charge in [-0.2, -0.15) is 39.5 Å². The van der Waals surface area contributed by atoms with E-state index in [1.54, 1.807) is 0 Å². The van der Waals surface area contributed by atoms with Gasteiger partial charge in [0.05, 0.1) is 22.4 Å². The fraction of sp³-hybridized carbons (Fsp3) is 0.150. The molecule has 158 valence electrons. The Bertz CT molecular complexity index is 1030. The van der Waals surface area contributed by atoms with Gasteiger partial charge in [0, 0.05) is 17.3 Å². The van der Waals surface area contributed by atoms with Gasteiger partial charge in [-0.05, 0) is 23.8 Å². The Morgan fingerprint density at radius 2 is 1.17 bits per heavy atom. The number of hydrogen-bond donors (Lipinski definition) is 0. The topological polar surface area (TPSA) is 12.9 Å². The predicted molar refractivity (Wildman–Crippen MR) is 90.1 cm³/mol. The van der Waals surface area contributed by atoms with Crippen LogP contribution in [0.1, 0.15) is 16.7 Å². The molecule has 30 heavy (non-hydrogen) atoms. The number of aromatic nitrogens is 1. The number of nitrogens with zero attached hydrogens (tertiary/aromatic N) is 1. The number of alkyl halides is 9. The van der Waals surface area contributed by atoms with Crippen LogP contribution >= 0.6 is 0 Å². The van der Waals surface area contributed by atoms with Gasteiger partial charge in [0.2, 0.25) is 0 Å². The van der Waals surface area contributed by atoms with E-state index in [-0.39, 0.29) is 6.07 Å². The van der Waals surface area contributed by atoms with Gasteiger partial charge >= 0.3 is 18.5 Å². The highest BCUT2D eigenvalue weighted by Crippen LogP contribution is 2.52. The van der Waals surface area contributed by atoms with Gasteiger partial charge in [-0.3, -0.25) is 4.98 Å². The van der Waals surface area contributed by atoms with Crippen molar-refractivity contribution in [2.45, 2.75) is 18.5 Å². The number of halogens is 9. The summed E-state index contributed by atoms with van der Waals surface area (Å²) in [5.41, 5.74) is -10.7. The van der Waals surface area contributed by atoms with Gasteiger partial charge < -0.3 is 0 Å². The quantitative estimate of drug-likeness (QED) is 0.381. The zero-order valence-electron chi connectivity index (χ0n) is 14.6. The van der Waals surface area contributed by atoms with E-state index in [4.69, 9.17) is 0 Å². The van der Waals surface area contributed by atoms with Crippen LogP contribution in [-0.4, -0.2) is 4.98 Å². The van der Waals surface area contributed by atoms with Gasteiger partial charge in [0.25, 0.3) is 0 Å². The first-order chi connectivity index (χ1) is 13.8. The highest BCUT2D eigenvalue weighted by atomic mass is 19.4. The minimum atomic E-state index is -5.74. The summed E-state index contributed by atoms with van der Waals surface area (Å²) in [5.74, 6) is 0. The lowest BCUT2D eigenvalue weighted by atomic mass is 9.85. The van der Waals surface area contributed by atoms with Gasteiger partial charge in [-0.25, -0.2) is 0 Å². The van der Waals surface area contributed by atoms with Gasteiger partial charge in [-0.15, -0.1) is 0 Å². The first-order valence-corrected chi connectivity index (χ1v) is 8.21. The van der Waals surface area contributed by atoms with E-state index >= 15 is 0 Å². The molecule has 0 aliphatic rings. The smallest absolute Gasteiger partial charge is 0.256 e. The van der Waals surface area contributed by atoms with E-state index in [2.05, 4.69) is 4.98 Å². The standard InChI is InChI=1S/C20H10F9N/c21-18(22,23)13-10-12(14-8-4-5-9-30-14)16(19(24,25)26)17(20(27,28)29)15(13)11-6-2-1-3-7-11/h1-10H. The molecule has 0 N–H and O–H groups in total. The largest absolute Gasteiger partial charge is 0.417 e. The Hall–Kier alpha value is -3.04. The molecule has 0 saturated carbocycles. The van der Waals surface area contributed by atoms with Crippen molar-refractivity contribution >= 4 is 0 Å². The van der Waals surface area contributed by atoms with E-state index in [0.29, 0.717) is 0 Å². The molecule has 0 bridgehead atoms. The molecule has 1 aromatic heterocycles. The molecular weight excluding hydrogens is 425 g/mol. The lowest BCUT2D eigenvalue weighted by Gasteiger charge is -2.26. The summed E-state index contributed by atoms with van der Waals surface area (Å²) in [7, 11) is 0. The molecule has 0 saturated heterocycles. The molecule has 1 heterocycles. The second-order valence-corrected chi connectivity index (χ2v) is 6.17. The third-order valence-electron chi connectivity index (χ3n) is 4.20. The maximum atomic E-state index is 13.9. The predicted octanol–water partition coefficient (Wildman–Crippen LogP) is 7.47. The first-order valence-electron chi connectivity index (χ1n) is 8.21. The summed E-state index contributed by atoms with van der Waals surface area (Å²) in [6, 6.07) is 8.78. The lowest BCUT2D eigenvalue weighted by Crippen LogP contribution is -2.22. The second kappa shape index (κ2) is 7.33. The van der Waals surface area contributed by atoms with Gasteiger partial charge in [0.15, 0.2) is 0 Å². The highest BCUT2D eigenvalue weighted by molar-refractivity contribution is 5.81. The third kappa shape index (κ3) is 4.12. The van der Waals surface area contributed by atoms with Crippen molar-refractivity contribution in [2.24, 2.45) is 0 Å². The Morgan fingerprint density at radius 3 is 1.63 bits per heavy atom. The number of pyridine rings is 1. The van der Waals surface area contributed by atoms with Crippen LogP contribution in [0, 0.1) is 0 Å². The Kier molecular flexibility index (Phi) is 5.30. The molecule has 0 atom stereocenters. The van der Waals surface area contributed by atoms with E-state index in [0.717, 1.165) is 42.6 Å². The normalized spacial score (nSPS) is 12.8. The molecular formula is C20H10F9N. The molecule has 10 heteroatoms. The molecule has 0 radical (unpaired) electrons. The molecule has 3 rings (SSSR count). The molecule has 2 aromatic carbocycles. The molecule has 0 aliphatic heterocycles.